The minimum atomic E-state index is -0.172. The summed E-state index contributed by atoms with van der Waals surface area (Å²) in [7, 11) is 0. The van der Waals surface area contributed by atoms with E-state index in [9.17, 15) is 4.79 Å². The van der Waals surface area contributed by atoms with Crippen LogP contribution >= 0.6 is 0 Å². The first-order chi connectivity index (χ1) is 12.5. The monoisotopic (exact) mass is 355 g/mol. The second-order valence-electron chi connectivity index (χ2n) is 7.79. The number of furan rings is 1. The molecule has 140 valence electrons. The Balaban J connectivity index is 1.78. The van der Waals surface area contributed by atoms with Crippen molar-refractivity contribution in [2.45, 2.75) is 58.1 Å². The molecule has 3 rings (SSSR count). The zero-order valence-electron chi connectivity index (χ0n) is 16.0. The second kappa shape index (κ2) is 8.09. The minimum absolute atomic E-state index is 0.0615. The van der Waals surface area contributed by atoms with Gasteiger partial charge < -0.3 is 14.5 Å². The number of nitrogens with one attached hydrogen (secondary N) is 1. The molecule has 1 aromatic carbocycles. The van der Waals surface area contributed by atoms with Gasteiger partial charge in [-0.05, 0) is 43.4 Å². The Morgan fingerprint density at radius 3 is 2.69 bits per heavy atom. The number of ether oxygens (including phenoxy) is 1. The fourth-order valence-electron chi connectivity index (χ4n) is 3.78. The molecule has 2 heterocycles. The van der Waals surface area contributed by atoms with Crippen molar-refractivity contribution in [2.24, 2.45) is 5.92 Å². The standard InChI is InChI=1S/C22H29NO3/c1-16(2)20-13-22(10-12-26-20,18-8-6-17(3)7-9-18)14-21(24)23-15-19-5-4-11-25-19/h4-9,11,16,20H,10,12-15H2,1-3H3,(H,23,24)/t20-,22-/m0/s1. The Hall–Kier alpha value is -2.07. The van der Waals surface area contributed by atoms with E-state index in [-0.39, 0.29) is 17.4 Å². The zero-order chi connectivity index (χ0) is 18.6. The summed E-state index contributed by atoms with van der Waals surface area (Å²) < 4.78 is 11.3. The fourth-order valence-corrected chi connectivity index (χ4v) is 3.78. The molecule has 26 heavy (non-hydrogen) atoms. The molecule has 1 aromatic heterocycles. The Labute approximate surface area is 155 Å². The molecule has 2 aromatic rings. The molecule has 1 aliphatic heterocycles. The summed E-state index contributed by atoms with van der Waals surface area (Å²) in [5.74, 6) is 1.27. The van der Waals surface area contributed by atoms with Crippen LogP contribution < -0.4 is 5.32 Å². The van der Waals surface area contributed by atoms with Gasteiger partial charge in [-0.2, -0.15) is 0 Å². The van der Waals surface area contributed by atoms with Crippen LogP contribution in [0.2, 0.25) is 0 Å². The van der Waals surface area contributed by atoms with Gasteiger partial charge in [-0.1, -0.05) is 43.7 Å². The zero-order valence-corrected chi connectivity index (χ0v) is 16.0. The molecule has 1 saturated heterocycles. The van der Waals surface area contributed by atoms with Crippen LogP contribution in [0.4, 0.5) is 0 Å². The van der Waals surface area contributed by atoms with Crippen LogP contribution in [0.15, 0.2) is 47.1 Å². The second-order valence-corrected chi connectivity index (χ2v) is 7.79. The molecule has 1 aliphatic rings. The molecular formula is C22H29NO3. The third-order valence-corrected chi connectivity index (χ3v) is 5.45. The van der Waals surface area contributed by atoms with Crippen molar-refractivity contribution in [3.8, 4) is 0 Å². The lowest BCUT2D eigenvalue weighted by Gasteiger charge is -2.42. The van der Waals surface area contributed by atoms with Crippen molar-refractivity contribution in [1.29, 1.82) is 0 Å². The van der Waals surface area contributed by atoms with Gasteiger partial charge in [0.25, 0.3) is 0 Å². The van der Waals surface area contributed by atoms with Crippen molar-refractivity contribution in [1.82, 2.24) is 5.32 Å². The van der Waals surface area contributed by atoms with E-state index in [1.54, 1.807) is 6.26 Å². The van der Waals surface area contributed by atoms with Gasteiger partial charge in [0.2, 0.25) is 5.91 Å². The number of hydrogen-bond donors (Lipinski definition) is 1. The van der Waals surface area contributed by atoms with Crippen molar-refractivity contribution in [3.05, 3.63) is 59.5 Å². The Bertz CT molecular complexity index is 705. The molecular weight excluding hydrogens is 326 g/mol. The molecule has 0 radical (unpaired) electrons. The first-order valence-electron chi connectivity index (χ1n) is 9.46. The Morgan fingerprint density at radius 1 is 1.27 bits per heavy atom. The third-order valence-electron chi connectivity index (χ3n) is 5.45. The summed E-state index contributed by atoms with van der Waals surface area (Å²) in [6.07, 6.45) is 4.03. The van der Waals surface area contributed by atoms with Gasteiger partial charge in [-0.15, -0.1) is 0 Å². The van der Waals surface area contributed by atoms with Gasteiger partial charge in [-0.3, -0.25) is 4.79 Å². The summed E-state index contributed by atoms with van der Waals surface area (Å²) in [5, 5.41) is 3.01. The fraction of sp³-hybridized carbons (Fsp3) is 0.500. The molecule has 1 amide bonds. The topological polar surface area (TPSA) is 51.5 Å². The number of aryl methyl sites for hydroxylation is 1. The lowest BCUT2D eigenvalue weighted by Crippen LogP contribution is -2.44. The smallest absolute Gasteiger partial charge is 0.221 e. The number of benzene rings is 1. The first kappa shape index (κ1) is 18.7. The van der Waals surface area contributed by atoms with Crippen LogP contribution in [0.5, 0.6) is 0 Å². The lowest BCUT2D eigenvalue weighted by molar-refractivity contribution is -0.125. The van der Waals surface area contributed by atoms with Crippen molar-refractivity contribution in [2.75, 3.05) is 6.61 Å². The maximum atomic E-state index is 12.7. The SMILES string of the molecule is Cc1ccc([C@@]2(CC(=O)NCc3ccco3)CCO[C@H](C(C)C)C2)cc1. The van der Waals surface area contributed by atoms with Crippen LogP contribution in [0.1, 0.15) is 50.0 Å². The largest absolute Gasteiger partial charge is 0.467 e. The van der Waals surface area contributed by atoms with Crippen molar-refractivity contribution >= 4 is 5.91 Å². The highest BCUT2D eigenvalue weighted by Crippen LogP contribution is 2.42. The van der Waals surface area contributed by atoms with E-state index in [1.807, 2.05) is 12.1 Å². The number of amides is 1. The van der Waals surface area contributed by atoms with Gasteiger partial charge in [0, 0.05) is 18.4 Å². The molecule has 0 unspecified atom stereocenters. The number of hydrogen-bond acceptors (Lipinski definition) is 3. The summed E-state index contributed by atoms with van der Waals surface area (Å²) in [6.45, 7) is 7.59. The van der Waals surface area contributed by atoms with Crippen LogP contribution in [0.3, 0.4) is 0 Å². The van der Waals surface area contributed by atoms with Gasteiger partial charge in [-0.25, -0.2) is 0 Å². The molecule has 0 aliphatic carbocycles. The average molecular weight is 355 g/mol. The van der Waals surface area contributed by atoms with E-state index in [0.717, 1.165) is 18.6 Å². The van der Waals surface area contributed by atoms with Gasteiger partial charge in [0.05, 0.1) is 18.9 Å². The summed E-state index contributed by atoms with van der Waals surface area (Å²) in [6, 6.07) is 12.3. The summed E-state index contributed by atoms with van der Waals surface area (Å²) in [4.78, 5) is 12.7. The molecule has 2 atom stereocenters. The lowest BCUT2D eigenvalue weighted by atomic mass is 9.68. The van der Waals surface area contributed by atoms with Crippen molar-refractivity contribution < 1.29 is 13.9 Å². The molecule has 4 nitrogen and oxygen atoms in total. The van der Waals surface area contributed by atoms with Gasteiger partial charge in [0.15, 0.2) is 0 Å². The molecule has 1 N–H and O–H groups in total. The third kappa shape index (κ3) is 4.36. The Kier molecular flexibility index (Phi) is 5.82. The van der Waals surface area contributed by atoms with E-state index >= 15 is 0 Å². The van der Waals surface area contributed by atoms with Crippen LogP contribution in [0.25, 0.3) is 0 Å². The minimum Gasteiger partial charge on any atom is -0.467 e. The highest BCUT2D eigenvalue weighted by Gasteiger charge is 2.41. The normalized spacial score (nSPS) is 23.2. The van der Waals surface area contributed by atoms with E-state index in [2.05, 4.69) is 50.4 Å². The predicted molar refractivity (Wildman–Crippen MR) is 102 cm³/mol. The highest BCUT2D eigenvalue weighted by molar-refractivity contribution is 5.77. The quantitative estimate of drug-likeness (QED) is 0.837. The van der Waals surface area contributed by atoms with Crippen molar-refractivity contribution in [3.63, 3.8) is 0 Å². The highest BCUT2D eigenvalue weighted by atomic mass is 16.5. The van der Waals surface area contributed by atoms with E-state index in [4.69, 9.17) is 9.15 Å². The van der Waals surface area contributed by atoms with Crippen LogP contribution in [0, 0.1) is 12.8 Å². The summed E-state index contributed by atoms with van der Waals surface area (Å²) >= 11 is 0. The molecule has 4 heteroatoms. The molecule has 0 saturated carbocycles. The average Bonchev–Trinajstić information content (AvgIpc) is 3.14. The number of rotatable bonds is 6. The number of carbonyl (C=O) groups is 1. The molecule has 0 spiro atoms. The molecule has 1 fully saturated rings. The number of carbonyl (C=O) groups excluding carboxylic acids is 1. The van der Waals surface area contributed by atoms with Gasteiger partial charge >= 0.3 is 0 Å². The maximum absolute atomic E-state index is 12.7. The van der Waals surface area contributed by atoms with E-state index in [0.29, 0.717) is 25.5 Å². The van der Waals surface area contributed by atoms with Crippen LogP contribution in [-0.4, -0.2) is 18.6 Å². The van der Waals surface area contributed by atoms with E-state index in [1.165, 1.54) is 11.1 Å². The predicted octanol–water partition coefficient (Wildman–Crippen LogP) is 4.37. The first-order valence-corrected chi connectivity index (χ1v) is 9.46. The summed E-state index contributed by atoms with van der Waals surface area (Å²) in [5.41, 5.74) is 2.30. The maximum Gasteiger partial charge on any atom is 0.221 e. The van der Waals surface area contributed by atoms with Crippen LogP contribution in [-0.2, 0) is 21.5 Å². The molecule has 0 bridgehead atoms. The Morgan fingerprint density at radius 2 is 2.04 bits per heavy atom. The van der Waals surface area contributed by atoms with E-state index < -0.39 is 0 Å². The van der Waals surface area contributed by atoms with Gasteiger partial charge in [0.1, 0.15) is 5.76 Å².